The molecule has 1 saturated heterocycles. The fourth-order valence-electron chi connectivity index (χ4n) is 5.07. The first-order valence-corrected chi connectivity index (χ1v) is 11.4. The molecule has 1 amide bonds. The van der Waals surface area contributed by atoms with E-state index < -0.39 is 0 Å². The summed E-state index contributed by atoms with van der Waals surface area (Å²) < 4.78 is 0. The molecule has 3 N–H and O–H groups in total. The Balaban J connectivity index is 1.33. The number of carbonyl (C=O) groups is 1. The van der Waals surface area contributed by atoms with Crippen LogP contribution in [0.3, 0.4) is 0 Å². The molecule has 32 heavy (non-hydrogen) atoms. The van der Waals surface area contributed by atoms with Crippen molar-refractivity contribution in [3.8, 4) is 5.75 Å². The predicted molar refractivity (Wildman–Crippen MR) is 127 cm³/mol. The van der Waals surface area contributed by atoms with Crippen LogP contribution in [-0.2, 0) is 4.79 Å². The first-order chi connectivity index (χ1) is 15.6. The van der Waals surface area contributed by atoms with E-state index in [1.54, 1.807) is 13.0 Å². The van der Waals surface area contributed by atoms with Crippen molar-refractivity contribution >= 4 is 34.1 Å². The molecule has 5 rings (SSSR count). The average molecular weight is 432 g/mol. The quantitative estimate of drug-likeness (QED) is 0.553. The van der Waals surface area contributed by atoms with Gasteiger partial charge >= 0.3 is 0 Å². The van der Waals surface area contributed by atoms with E-state index in [4.69, 9.17) is 4.98 Å². The minimum Gasteiger partial charge on any atom is -0.508 e. The number of fused-ring (bicyclic) bond motifs is 1. The lowest BCUT2D eigenvalue weighted by Gasteiger charge is -2.19. The van der Waals surface area contributed by atoms with Crippen LogP contribution in [0.15, 0.2) is 42.6 Å². The van der Waals surface area contributed by atoms with Crippen molar-refractivity contribution in [1.29, 1.82) is 0 Å². The molecular weight excluding hydrogens is 402 g/mol. The first kappa shape index (κ1) is 20.5. The Morgan fingerprint density at radius 2 is 1.88 bits per heavy atom. The first-order valence-electron chi connectivity index (χ1n) is 11.4. The number of amides is 1. The summed E-state index contributed by atoms with van der Waals surface area (Å²) in [5.74, 6) is 1.25. The molecule has 0 radical (unpaired) electrons. The van der Waals surface area contributed by atoms with Gasteiger partial charge in [-0.1, -0.05) is 12.8 Å². The number of nitrogens with one attached hydrogen (secondary N) is 2. The predicted octanol–water partition coefficient (Wildman–Crippen LogP) is 4.45. The zero-order valence-corrected chi connectivity index (χ0v) is 18.3. The third kappa shape index (κ3) is 4.20. The van der Waals surface area contributed by atoms with Crippen molar-refractivity contribution < 1.29 is 9.90 Å². The lowest BCUT2D eigenvalue weighted by atomic mass is 9.94. The molecule has 1 aliphatic carbocycles. The van der Waals surface area contributed by atoms with Crippen LogP contribution in [0.5, 0.6) is 5.75 Å². The monoisotopic (exact) mass is 431 g/mol. The molecule has 2 heterocycles. The molecule has 7 heteroatoms. The second kappa shape index (κ2) is 8.65. The van der Waals surface area contributed by atoms with Gasteiger partial charge in [-0.3, -0.25) is 4.79 Å². The molecule has 166 valence electrons. The molecule has 1 atom stereocenters. The number of nitrogens with zero attached hydrogens (tertiary/aromatic N) is 3. The Morgan fingerprint density at radius 1 is 1.09 bits per heavy atom. The zero-order valence-electron chi connectivity index (χ0n) is 18.3. The fraction of sp³-hybridized carbons (Fsp3) is 0.400. The number of aromatic hydroxyl groups is 1. The van der Waals surface area contributed by atoms with Crippen molar-refractivity contribution in [3.63, 3.8) is 0 Å². The number of rotatable bonds is 5. The van der Waals surface area contributed by atoms with E-state index in [0.29, 0.717) is 17.6 Å². The average Bonchev–Trinajstić information content (AvgIpc) is 3.46. The Kier molecular flexibility index (Phi) is 5.55. The molecule has 0 spiro atoms. The topological polar surface area (TPSA) is 90.4 Å². The normalized spacial score (nSPS) is 18.9. The van der Waals surface area contributed by atoms with Crippen LogP contribution in [0.2, 0.25) is 0 Å². The molecule has 7 nitrogen and oxygen atoms in total. The van der Waals surface area contributed by atoms with Crippen molar-refractivity contribution in [1.82, 2.24) is 15.3 Å². The number of anilines is 3. The van der Waals surface area contributed by atoms with Gasteiger partial charge in [-0.25, -0.2) is 9.97 Å². The molecule has 1 aliphatic heterocycles. The maximum Gasteiger partial charge on any atom is 0.227 e. The Labute approximate surface area is 187 Å². The van der Waals surface area contributed by atoms with Gasteiger partial charge in [0, 0.05) is 54.6 Å². The molecule has 2 aromatic carbocycles. The van der Waals surface area contributed by atoms with E-state index in [2.05, 4.69) is 32.7 Å². The molecular formula is C25H29N5O2. The number of hydrogen-bond acceptors (Lipinski definition) is 6. The highest BCUT2D eigenvalue weighted by Crippen LogP contribution is 2.41. The smallest absolute Gasteiger partial charge is 0.227 e. The fourth-order valence-corrected chi connectivity index (χ4v) is 5.07. The van der Waals surface area contributed by atoms with Gasteiger partial charge in [-0.05, 0) is 61.6 Å². The van der Waals surface area contributed by atoms with Gasteiger partial charge in [0.05, 0.1) is 5.52 Å². The highest BCUT2D eigenvalue weighted by atomic mass is 16.3. The van der Waals surface area contributed by atoms with Gasteiger partial charge in [0.2, 0.25) is 11.9 Å². The van der Waals surface area contributed by atoms with Crippen LogP contribution in [-0.4, -0.2) is 40.1 Å². The third-order valence-corrected chi connectivity index (χ3v) is 6.62. The van der Waals surface area contributed by atoms with Gasteiger partial charge in [0.15, 0.2) is 0 Å². The summed E-state index contributed by atoms with van der Waals surface area (Å²) in [6, 6.07) is 12.1. The SMILES string of the molecule is CC(=O)NC1CCN(c2ccc(Nc3ncc4ccc(O)c(C5CCCC5)c4n3)cc2)C1. The summed E-state index contributed by atoms with van der Waals surface area (Å²) in [6.07, 6.45) is 7.38. The number of phenols is 1. The van der Waals surface area contributed by atoms with Crippen molar-refractivity contribution in [3.05, 3.63) is 48.2 Å². The van der Waals surface area contributed by atoms with Crippen LogP contribution in [0.4, 0.5) is 17.3 Å². The molecule has 1 saturated carbocycles. The standard InChI is InChI=1S/C25H29N5O2/c1-16(31)27-20-12-13-30(15-20)21-9-7-19(8-10-21)28-25-26-14-18-6-11-22(32)23(24(18)29-25)17-4-2-3-5-17/h6-11,14,17,20,32H,2-5,12-13,15H2,1H3,(H,27,31)(H,26,28,29). The van der Waals surface area contributed by atoms with E-state index >= 15 is 0 Å². The van der Waals surface area contributed by atoms with Crippen LogP contribution in [0.25, 0.3) is 10.9 Å². The second-order valence-electron chi connectivity index (χ2n) is 8.92. The summed E-state index contributed by atoms with van der Waals surface area (Å²) in [4.78, 5) is 22.8. The summed E-state index contributed by atoms with van der Waals surface area (Å²) in [6.45, 7) is 3.32. The highest BCUT2D eigenvalue weighted by Gasteiger charge is 2.24. The molecule has 2 aliphatic rings. The van der Waals surface area contributed by atoms with E-state index in [9.17, 15) is 9.90 Å². The second-order valence-corrected chi connectivity index (χ2v) is 8.92. The summed E-state index contributed by atoms with van der Waals surface area (Å²) in [7, 11) is 0. The summed E-state index contributed by atoms with van der Waals surface area (Å²) in [5.41, 5.74) is 3.85. The number of phenolic OH excluding ortho intramolecular Hbond substituents is 1. The summed E-state index contributed by atoms with van der Waals surface area (Å²) in [5, 5.41) is 17.8. The molecule has 1 unspecified atom stereocenters. The number of carbonyl (C=O) groups excluding carboxylic acids is 1. The van der Waals surface area contributed by atoms with Crippen LogP contribution in [0, 0.1) is 0 Å². The minimum atomic E-state index is 0.0243. The number of hydrogen-bond donors (Lipinski definition) is 3. The van der Waals surface area contributed by atoms with Gasteiger partial charge in [-0.2, -0.15) is 0 Å². The Morgan fingerprint density at radius 3 is 2.62 bits per heavy atom. The van der Waals surface area contributed by atoms with Gasteiger partial charge in [0.1, 0.15) is 5.75 Å². The van der Waals surface area contributed by atoms with Crippen LogP contribution in [0.1, 0.15) is 50.5 Å². The van der Waals surface area contributed by atoms with Crippen LogP contribution < -0.4 is 15.5 Å². The molecule has 1 aromatic heterocycles. The maximum absolute atomic E-state index is 11.3. The van der Waals surface area contributed by atoms with E-state index in [-0.39, 0.29) is 11.9 Å². The number of benzene rings is 2. The number of aromatic nitrogens is 2. The van der Waals surface area contributed by atoms with Crippen molar-refractivity contribution in [2.45, 2.75) is 51.0 Å². The van der Waals surface area contributed by atoms with Gasteiger partial charge in [0.25, 0.3) is 0 Å². The van der Waals surface area contributed by atoms with Gasteiger partial charge in [-0.15, -0.1) is 0 Å². The zero-order chi connectivity index (χ0) is 22.1. The van der Waals surface area contributed by atoms with E-state index in [0.717, 1.165) is 60.2 Å². The van der Waals surface area contributed by atoms with E-state index in [1.807, 2.05) is 24.4 Å². The molecule has 0 bridgehead atoms. The molecule has 3 aromatic rings. The van der Waals surface area contributed by atoms with Crippen LogP contribution >= 0.6 is 0 Å². The Bertz CT molecular complexity index is 1130. The third-order valence-electron chi connectivity index (χ3n) is 6.62. The lowest BCUT2D eigenvalue weighted by molar-refractivity contribution is -0.119. The minimum absolute atomic E-state index is 0.0243. The van der Waals surface area contributed by atoms with Crippen molar-refractivity contribution in [2.24, 2.45) is 0 Å². The van der Waals surface area contributed by atoms with E-state index in [1.165, 1.54) is 12.8 Å². The molecule has 2 fully saturated rings. The van der Waals surface area contributed by atoms with Crippen molar-refractivity contribution in [2.75, 3.05) is 23.3 Å². The summed E-state index contributed by atoms with van der Waals surface area (Å²) >= 11 is 0. The largest absolute Gasteiger partial charge is 0.508 e. The highest BCUT2D eigenvalue weighted by molar-refractivity contribution is 5.85. The Hall–Kier alpha value is -3.35. The lowest BCUT2D eigenvalue weighted by Crippen LogP contribution is -2.35. The maximum atomic E-state index is 11.3. The van der Waals surface area contributed by atoms with Gasteiger partial charge < -0.3 is 20.6 Å².